The minimum atomic E-state index is -0.157. The summed E-state index contributed by atoms with van der Waals surface area (Å²) >= 11 is 0. The summed E-state index contributed by atoms with van der Waals surface area (Å²) in [5.41, 5.74) is 2.28. The number of hydrogen-bond donors (Lipinski definition) is 3. The van der Waals surface area contributed by atoms with E-state index in [4.69, 9.17) is 5.11 Å². The topological polar surface area (TPSA) is 61.4 Å². The van der Waals surface area contributed by atoms with Crippen LogP contribution in [0.15, 0.2) is 24.3 Å². The van der Waals surface area contributed by atoms with Gasteiger partial charge in [0, 0.05) is 13.1 Å². The van der Waals surface area contributed by atoms with Gasteiger partial charge in [-0.15, -0.1) is 0 Å². The maximum absolute atomic E-state index is 12.2. The second-order valence-corrected chi connectivity index (χ2v) is 4.68. The maximum atomic E-state index is 12.2. The summed E-state index contributed by atoms with van der Waals surface area (Å²) < 4.78 is 0. The van der Waals surface area contributed by atoms with E-state index in [0.29, 0.717) is 6.54 Å². The lowest BCUT2D eigenvalue weighted by molar-refractivity contribution is -0.123. The van der Waals surface area contributed by atoms with Crippen molar-refractivity contribution >= 4 is 5.91 Å². The van der Waals surface area contributed by atoms with Crippen LogP contribution in [0, 0.1) is 0 Å². The fraction of sp³-hybridized carbons (Fsp3) is 0.500. The molecule has 2 atom stereocenters. The number of amides is 1. The van der Waals surface area contributed by atoms with Crippen molar-refractivity contribution in [2.75, 3.05) is 13.2 Å². The molecule has 0 spiro atoms. The van der Waals surface area contributed by atoms with Crippen LogP contribution in [-0.4, -0.2) is 30.2 Å². The Morgan fingerprint density at radius 3 is 3.06 bits per heavy atom. The lowest BCUT2D eigenvalue weighted by Gasteiger charge is -2.27. The molecule has 98 valence electrons. The highest BCUT2D eigenvalue weighted by atomic mass is 16.3. The molecule has 0 fully saturated rings. The Morgan fingerprint density at radius 2 is 2.33 bits per heavy atom. The van der Waals surface area contributed by atoms with Gasteiger partial charge in [-0.3, -0.25) is 4.79 Å². The zero-order valence-corrected chi connectivity index (χ0v) is 10.6. The van der Waals surface area contributed by atoms with Crippen molar-refractivity contribution in [3.63, 3.8) is 0 Å². The van der Waals surface area contributed by atoms with Crippen LogP contribution < -0.4 is 10.6 Å². The molecule has 4 nitrogen and oxygen atoms in total. The largest absolute Gasteiger partial charge is 0.394 e. The van der Waals surface area contributed by atoms with Crippen LogP contribution in [0.3, 0.4) is 0 Å². The molecule has 0 saturated heterocycles. The monoisotopic (exact) mass is 248 g/mol. The Bertz CT molecular complexity index is 416. The molecule has 0 aromatic heterocycles. The van der Waals surface area contributed by atoms with Gasteiger partial charge in [-0.25, -0.2) is 0 Å². The molecule has 18 heavy (non-hydrogen) atoms. The first-order chi connectivity index (χ1) is 8.76. The Kier molecular flexibility index (Phi) is 4.33. The maximum Gasteiger partial charge on any atom is 0.229 e. The van der Waals surface area contributed by atoms with Crippen LogP contribution in [0.1, 0.15) is 30.4 Å². The smallest absolute Gasteiger partial charge is 0.229 e. The van der Waals surface area contributed by atoms with Crippen molar-refractivity contribution in [1.29, 1.82) is 0 Å². The van der Waals surface area contributed by atoms with E-state index in [-0.39, 0.29) is 24.5 Å². The first-order valence-electron chi connectivity index (χ1n) is 6.46. The van der Waals surface area contributed by atoms with Gasteiger partial charge in [0.25, 0.3) is 0 Å². The third-order valence-electron chi connectivity index (χ3n) is 3.47. The quantitative estimate of drug-likeness (QED) is 0.737. The molecule has 3 N–H and O–H groups in total. The fourth-order valence-corrected chi connectivity index (χ4v) is 2.31. The predicted octanol–water partition coefficient (Wildman–Crippen LogP) is 0.760. The Labute approximate surface area is 107 Å². The first-order valence-corrected chi connectivity index (χ1v) is 6.46. The van der Waals surface area contributed by atoms with Crippen LogP contribution in [0.5, 0.6) is 0 Å². The van der Waals surface area contributed by atoms with Gasteiger partial charge in [-0.2, -0.15) is 0 Å². The number of carbonyl (C=O) groups excluding carboxylic acids is 1. The van der Waals surface area contributed by atoms with Crippen molar-refractivity contribution in [2.45, 2.75) is 31.8 Å². The summed E-state index contributed by atoms with van der Waals surface area (Å²) in [6, 6.07) is 7.87. The Balaban J connectivity index is 2.12. The molecule has 0 bridgehead atoms. The third kappa shape index (κ3) is 2.71. The van der Waals surface area contributed by atoms with E-state index >= 15 is 0 Å². The molecule has 1 amide bonds. The van der Waals surface area contributed by atoms with E-state index in [1.54, 1.807) is 0 Å². The van der Waals surface area contributed by atoms with E-state index in [1.165, 1.54) is 5.56 Å². The molecule has 1 aliphatic heterocycles. The highest BCUT2D eigenvalue weighted by Crippen LogP contribution is 2.23. The highest BCUT2D eigenvalue weighted by molar-refractivity contribution is 5.84. The summed E-state index contributed by atoms with van der Waals surface area (Å²) in [5.74, 6) is -0.161. The number of aliphatic hydroxyl groups is 1. The number of carbonyl (C=O) groups is 1. The lowest BCUT2D eigenvalue weighted by Crippen LogP contribution is -2.44. The van der Waals surface area contributed by atoms with E-state index in [9.17, 15) is 4.79 Å². The number of hydrogen-bond acceptors (Lipinski definition) is 3. The molecule has 0 saturated carbocycles. The van der Waals surface area contributed by atoms with Gasteiger partial charge in [0.2, 0.25) is 5.91 Å². The number of fused-ring (bicyclic) bond motifs is 1. The normalized spacial score (nSPS) is 20.0. The summed E-state index contributed by atoms with van der Waals surface area (Å²) in [6.45, 7) is 3.42. The van der Waals surface area contributed by atoms with Crippen LogP contribution in [0.2, 0.25) is 0 Å². The zero-order valence-electron chi connectivity index (χ0n) is 10.6. The third-order valence-corrected chi connectivity index (χ3v) is 3.47. The van der Waals surface area contributed by atoms with E-state index in [1.807, 2.05) is 31.2 Å². The van der Waals surface area contributed by atoms with E-state index in [0.717, 1.165) is 18.5 Å². The van der Waals surface area contributed by atoms with Crippen LogP contribution in [0.25, 0.3) is 0 Å². The molecule has 1 aromatic carbocycles. The highest BCUT2D eigenvalue weighted by Gasteiger charge is 2.26. The lowest BCUT2D eigenvalue weighted by atomic mass is 9.90. The molecular weight excluding hydrogens is 228 g/mol. The van der Waals surface area contributed by atoms with E-state index < -0.39 is 0 Å². The van der Waals surface area contributed by atoms with Gasteiger partial charge in [0.15, 0.2) is 0 Å². The van der Waals surface area contributed by atoms with Crippen molar-refractivity contribution in [1.82, 2.24) is 10.6 Å². The van der Waals surface area contributed by atoms with Gasteiger partial charge in [0.05, 0.1) is 18.6 Å². The average molecular weight is 248 g/mol. The molecule has 2 rings (SSSR count). The van der Waals surface area contributed by atoms with Crippen molar-refractivity contribution in [3.8, 4) is 0 Å². The van der Waals surface area contributed by atoms with Crippen LogP contribution in [0.4, 0.5) is 0 Å². The SMILES string of the molecule is CC[C@@H](CO)NC(=O)C1CNCc2ccccc21. The summed E-state index contributed by atoms with van der Waals surface area (Å²) in [7, 11) is 0. The molecular formula is C14H20N2O2. The zero-order chi connectivity index (χ0) is 13.0. The fourth-order valence-electron chi connectivity index (χ4n) is 2.31. The number of benzene rings is 1. The molecule has 1 aliphatic rings. The molecule has 1 unspecified atom stereocenters. The van der Waals surface area contributed by atoms with Crippen LogP contribution in [-0.2, 0) is 11.3 Å². The van der Waals surface area contributed by atoms with Crippen molar-refractivity contribution in [2.24, 2.45) is 0 Å². The number of aliphatic hydroxyl groups excluding tert-OH is 1. The Morgan fingerprint density at radius 1 is 1.56 bits per heavy atom. The van der Waals surface area contributed by atoms with Crippen LogP contribution >= 0.6 is 0 Å². The number of rotatable bonds is 4. The van der Waals surface area contributed by atoms with Crippen molar-refractivity contribution in [3.05, 3.63) is 35.4 Å². The van der Waals surface area contributed by atoms with Gasteiger partial charge >= 0.3 is 0 Å². The second kappa shape index (κ2) is 5.98. The molecule has 1 heterocycles. The second-order valence-electron chi connectivity index (χ2n) is 4.68. The van der Waals surface area contributed by atoms with Gasteiger partial charge in [-0.05, 0) is 17.5 Å². The van der Waals surface area contributed by atoms with Gasteiger partial charge < -0.3 is 15.7 Å². The first kappa shape index (κ1) is 13.1. The summed E-state index contributed by atoms with van der Waals surface area (Å²) in [5, 5.41) is 15.3. The molecule has 0 aliphatic carbocycles. The average Bonchev–Trinajstić information content (AvgIpc) is 2.43. The number of nitrogens with one attached hydrogen (secondary N) is 2. The minimum Gasteiger partial charge on any atom is -0.394 e. The summed E-state index contributed by atoms with van der Waals surface area (Å²) in [4.78, 5) is 12.2. The Hall–Kier alpha value is -1.39. The molecule has 4 heteroatoms. The van der Waals surface area contributed by atoms with Gasteiger partial charge in [-0.1, -0.05) is 31.2 Å². The molecule has 0 radical (unpaired) electrons. The molecule has 1 aromatic rings. The van der Waals surface area contributed by atoms with Crippen molar-refractivity contribution < 1.29 is 9.90 Å². The standard InChI is InChI=1S/C14H20N2O2/c1-2-11(9-17)16-14(18)13-8-15-7-10-5-3-4-6-12(10)13/h3-6,11,13,15,17H,2,7-9H2,1H3,(H,16,18)/t11-,13?/m0/s1. The summed E-state index contributed by atoms with van der Waals surface area (Å²) in [6.07, 6.45) is 0.740. The van der Waals surface area contributed by atoms with E-state index in [2.05, 4.69) is 10.6 Å². The van der Waals surface area contributed by atoms with Gasteiger partial charge in [0.1, 0.15) is 0 Å². The minimum absolute atomic E-state index is 0.00412. The predicted molar refractivity (Wildman–Crippen MR) is 70.2 cm³/mol.